The van der Waals surface area contributed by atoms with Gasteiger partial charge in [0.15, 0.2) is 0 Å². The van der Waals surface area contributed by atoms with Crippen molar-refractivity contribution in [1.82, 2.24) is 5.32 Å². The number of amides is 1. The van der Waals surface area contributed by atoms with Crippen LogP contribution in [0, 0.1) is 5.82 Å². The molecule has 1 N–H and O–H groups in total. The normalized spacial score (nSPS) is 10.6. The molecule has 0 radical (unpaired) electrons. The second-order valence-corrected chi connectivity index (χ2v) is 6.72. The van der Waals surface area contributed by atoms with Crippen LogP contribution in [-0.2, 0) is 17.0 Å². The van der Waals surface area contributed by atoms with Gasteiger partial charge < -0.3 is 5.32 Å². The lowest BCUT2D eigenvalue weighted by molar-refractivity contribution is -0.118. The highest BCUT2D eigenvalue weighted by molar-refractivity contribution is 7.99. The van der Waals surface area contributed by atoms with E-state index in [1.807, 2.05) is 0 Å². The lowest BCUT2D eigenvalue weighted by atomic mass is 10.1. The van der Waals surface area contributed by atoms with Gasteiger partial charge in [-0.2, -0.15) is 0 Å². The summed E-state index contributed by atoms with van der Waals surface area (Å²) >= 11 is 13.6. The summed E-state index contributed by atoms with van der Waals surface area (Å²) in [5, 5.41) is 4.07. The molecule has 122 valence electrons. The molecular formula is C17H16Cl2FNOS. The zero-order valence-electron chi connectivity index (χ0n) is 12.3. The Morgan fingerprint density at radius 1 is 1.09 bits per heavy atom. The minimum Gasteiger partial charge on any atom is -0.355 e. The van der Waals surface area contributed by atoms with Gasteiger partial charge in [-0.3, -0.25) is 4.79 Å². The van der Waals surface area contributed by atoms with Crippen LogP contribution in [0.25, 0.3) is 0 Å². The van der Waals surface area contributed by atoms with Gasteiger partial charge in [0.2, 0.25) is 5.91 Å². The number of rotatable bonds is 7. The van der Waals surface area contributed by atoms with Crippen molar-refractivity contribution in [3.8, 4) is 0 Å². The number of hydrogen-bond donors (Lipinski definition) is 1. The van der Waals surface area contributed by atoms with Gasteiger partial charge in [-0.25, -0.2) is 4.39 Å². The third-order valence-electron chi connectivity index (χ3n) is 3.19. The van der Waals surface area contributed by atoms with Crippen LogP contribution < -0.4 is 5.32 Å². The topological polar surface area (TPSA) is 29.1 Å². The number of nitrogens with one attached hydrogen (secondary N) is 1. The molecule has 0 atom stereocenters. The first kappa shape index (κ1) is 18.1. The SMILES string of the molecule is O=C(CSCc1c(Cl)cccc1Cl)NCCc1ccc(F)cc1. The summed E-state index contributed by atoms with van der Waals surface area (Å²) in [6.07, 6.45) is 0.674. The molecular weight excluding hydrogens is 356 g/mol. The van der Waals surface area contributed by atoms with Crippen LogP contribution in [0.3, 0.4) is 0 Å². The van der Waals surface area contributed by atoms with Gasteiger partial charge in [-0.1, -0.05) is 41.4 Å². The number of carbonyl (C=O) groups excluding carboxylic acids is 1. The smallest absolute Gasteiger partial charge is 0.230 e. The average Bonchev–Trinajstić information content (AvgIpc) is 2.52. The molecule has 0 saturated heterocycles. The summed E-state index contributed by atoms with van der Waals surface area (Å²) in [7, 11) is 0. The third-order valence-corrected chi connectivity index (χ3v) is 4.86. The number of halogens is 3. The molecule has 0 aliphatic rings. The van der Waals surface area contributed by atoms with Crippen molar-refractivity contribution in [2.75, 3.05) is 12.3 Å². The summed E-state index contributed by atoms with van der Waals surface area (Å²) < 4.78 is 12.8. The molecule has 1 amide bonds. The van der Waals surface area contributed by atoms with Crippen molar-refractivity contribution in [3.05, 3.63) is 69.5 Å². The maximum Gasteiger partial charge on any atom is 0.230 e. The Bertz CT molecular complexity index is 644. The van der Waals surface area contributed by atoms with Crippen molar-refractivity contribution in [2.45, 2.75) is 12.2 Å². The van der Waals surface area contributed by atoms with Gasteiger partial charge in [0.1, 0.15) is 5.82 Å². The van der Waals surface area contributed by atoms with Gasteiger partial charge in [-0.15, -0.1) is 11.8 Å². The van der Waals surface area contributed by atoms with E-state index in [-0.39, 0.29) is 11.7 Å². The molecule has 0 aliphatic carbocycles. The Kier molecular flexibility index (Phi) is 7.21. The molecule has 0 heterocycles. The average molecular weight is 372 g/mol. The standard InChI is InChI=1S/C17H16Cl2FNOS/c18-15-2-1-3-16(19)14(15)10-23-11-17(22)21-9-8-12-4-6-13(20)7-5-12/h1-7H,8-11H2,(H,21,22). The van der Waals surface area contributed by atoms with E-state index in [0.717, 1.165) is 11.1 Å². The molecule has 0 spiro atoms. The van der Waals surface area contributed by atoms with E-state index in [1.165, 1.54) is 23.9 Å². The van der Waals surface area contributed by atoms with Crippen molar-refractivity contribution in [3.63, 3.8) is 0 Å². The van der Waals surface area contributed by atoms with Gasteiger partial charge in [0, 0.05) is 22.3 Å². The minimum absolute atomic E-state index is 0.0414. The van der Waals surface area contributed by atoms with Crippen LogP contribution in [0.1, 0.15) is 11.1 Å². The molecule has 2 aromatic rings. The number of thioether (sulfide) groups is 1. The van der Waals surface area contributed by atoms with Crippen LogP contribution in [0.15, 0.2) is 42.5 Å². The van der Waals surface area contributed by atoms with Gasteiger partial charge in [-0.05, 0) is 41.8 Å². The third kappa shape index (κ3) is 6.05. The Hall–Kier alpha value is -1.23. The second-order valence-electron chi connectivity index (χ2n) is 4.92. The molecule has 2 nitrogen and oxygen atoms in total. The quantitative estimate of drug-likeness (QED) is 0.762. The summed E-state index contributed by atoms with van der Waals surface area (Å²) in [6.45, 7) is 0.526. The fourth-order valence-electron chi connectivity index (χ4n) is 1.96. The van der Waals surface area contributed by atoms with E-state index >= 15 is 0 Å². The first-order chi connectivity index (χ1) is 11.1. The van der Waals surface area contributed by atoms with Crippen LogP contribution in [0.5, 0.6) is 0 Å². The van der Waals surface area contributed by atoms with E-state index in [1.54, 1.807) is 30.3 Å². The van der Waals surface area contributed by atoms with E-state index in [4.69, 9.17) is 23.2 Å². The maximum atomic E-state index is 12.8. The zero-order valence-corrected chi connectivity index (χ0v) is 14.6. The Morgan fingerprint density at radius 2 is 1.74 bits per heavy atom. The van der Waals surface area contributed by atoms with Crippen LogP contribution >= 0.6 is 35.0 Å². The molecule has 2 rings (SSSR count). The molecule has 2 aromatic carbocycles. The van der Waals surface area contributed by atoms with Gasteiger partial charge in [0.25, 0.3) is 0 Å². The van der Waals surface area contributed by atoms with Crippen molar-refractivity contribution < 1.29 is 9.18 Å². The molecule has 0 fully saturated rings. The summed E-state index contributed by atoms with van der Waals surface area (Å²) in [4.78, 5) is 11.8. The van der Waals surface area contributed by atoms with E-state index in [0.29, 0.717) is 34.5 Å². The highest BCUT2D eigenvalue weighted by Gasteiger charge is 2.07. The highest BCUT2D eigenvalue weighted by atomic mass is 35.5. The molecule has 0 aromatic heterocycles. The van der Waals surface area contributed by atoms with Crippen LogP contribution in [-0.4, -0.2) is 18.2 Å². The Balaban J connectivity index is 1.68. The Labute approximate surface area is 149 Å². The van der Waals surface area contributed by atoms with Crippen molar-refractivity contribution in [1.29, 1.82) is 0 Å². The monoisotopic (exact) mass is 371 g/mol. The van der Waals surface area contributed by atoms with Gasteiger partial charge >= 0.3 is 0 Å². The molecule has 0 bridgehead atoms. The fraction of sp³-hybridized carbons (Fsp3) is 0.235. The number of hydrogen-bond acceptors (Lipinski definition) is 2. The lowest BCUT2D eigenvalue weighted by Gasteiger charge is -2.08. The first-order valence-corrected chi connectivity index (χ1v) is 8.99. The first-order valence-electron chi connectivity index (χ1n) is 7.08. The molecule has 23 heavy (non-hydrogen) atoms. The van der Waals surface area contributed by atoms with E-state index < -0.39 is 0 Å². The maximum absolute atomic E-state index is 12.8. The largest absolute Gasteiger partial charge is 0.355 e. The Morgan fingerprint density at radius 3 is 2.39 bits per heavy atom. The predicted molar refractivity (Wildman–Crippen MR) is 95.7 cm³/mol. The molecule has 0 saturated carbocycles. The minimum atomic E-state index is -0.257. The second kappa shape index (κ2) is 9.16. The van der Waals surface area contributed by atoms with Crippen LogP contribution in [0.2, 0.25) is 10.0 Å². The van der Waals surface area contributed by atoms with Crippen molar-refractivity contribution in [2.24, 2.45) is 0 Å². The highest BCUT2D eigenvalue weighted by Crippen LogP contribution is 2.28. The summed E-state index contributed by atoms with van der Waals surface area (Å²) in [6, 6.07) is 11.6. The van der Waals surface area contributed by atoms with E-state index in [2.05, 4.69) is 5.32 Å². The summed E-state index contributed by atoms with van der Waals surface area (Å²) in [5.74, 6) is 0.627. The zero-order chi connectivity index (χ0) is 16.7. The summed E-state index contributed by atoms with van der Waals surface area (Å²) in [5.41, 5.74) is 1.84. The lowest BCUT2D eigenvalue weighted by Crippen LogP contribution is -2.27. The predicted octanol–water partition coefficient (Wildman–Crippen LogP) is 4.72. The van der Waals surface area contributed by atoms with E-state index in [9.17, 15) is 9.18 Å². The number of benzene rings is 2. The number of carbonyl (C=O) groups is 1. The van der Waals surface area contributed by atoms with Crippen molar-refractivity contribution >= 4 is 40.9 Å². The molecule has 6 heteroatoms. The molecule has 0 unspecified atom stereocenters. The fourth-order valence-corrected chi connectivity index (χ4v) is 3.56. The van der Waals surface area contributed by atoms with Crippen LogP contribution in [0.4, 0.5) is 4.39 Å². The molecule has 0 aliphatic heterocycles. The van der Waals surface area contributed by atoms with Gasteiger partial charge in [0.05, 0.1) is 5.75 Å².